The summed E-state index contributed by atoms with van der Waals surface area (Å²) in [6, 6.07) is 7.62. The van der Waals surface area contributed by atoms with Gasteiger partial charge in [0.2, 0.25) is 5.95 Å². The Bertz CT molecular complexity index is 826. The van der Waals surface area contributed by atoms with Crippen molar-refractivity contribution in [2.75, 3.05) is 43.6 Å². The topological polar surface area (TPSA) is 88.2 Å². The molecule has 0 aliphatic carbocycles. The average Bonchev–Trinajstić information content (AvgIpc) is 3.11. The zero-order valence-corrected chi connectivity index (χ0v) is 13.3. The zero-order chi connectivity index (χ0) is 16.4. The second kappa shape index (κ2) is 6.32. The molecule has 2 aromatic heterocycles. The highest BCUT2D eigenvalue weighted by molar-refractivity contribution is 5.84. The van der Waals surface area contributed by atoms with E-state index in [1.54, 1.807) is 13.4 Å². The van der Waals surface area contributed by atoms with Crippen LogP contribution < -0.4 is 15.0 Å². The summed E-state index contributed by atoms with van der Waals surface area (Å²) in [6.07, 6.45) is 1.64. The van der Waals surface area contributed by atoms with E-state index in [0.29, 0.717) is 24.8 Å². The number of nitrogens with one attached hydrogen (secondary N) is 2. The summed E-state index contributed by atoms with van der Waals surface area (Å²) in [5.74, 6) is 2.16. The van der Waals surface area contributed by atoms with Gasteiger partial charge in [0.05, 0.1) is 26.7 Å². The fourth-order valence-electron chi connectivity index (χ4n) is 2.68. The number of anilines is 3. The van der Waals surface area contributed by atoms with Crippen LogP contribution in [0.4, 0.5) is 17.5 Å². The zero-order valence-electron chi connectivity index (χ0n) is 13.3. The molecule has 24 heavy (non-hydrogen) atoms. The number of hydrogen-bond donors (Lipinski definition) is 2. The minimum Gasteiger partial charge on any atom is -0.497 e. The molecule has 3 aromatic rings. The van der Waals surface area contributed by atoms with Gasteiger partial charge >= 0.3 is 0 Å². The van der Waals surface area contributed by atoms with Crippen molar-refractivity contribution in [3.63, 3.8) is 0 Å². The highest BCUT2D eigenvalue weighted by Crippen LogP contribution is 2.25. The molecule has 1 aromatic carbocycles. The van der Waals surface area contributed by atoms with E-state index >= 15 is 0 Å². The van der Waals surface area contributed by atoms with Crippen LogP contribution in [0.15, 0.2) is 30.6 Å². The van der Waals surface area contributed by atoms with E-state index in [2.05, 4.69) is 30.2 Å². The SMILES string of the molecule is COc1ccc(Nc2nc(N3CCOCC3)c3[nH]cnc3n2)cc1. The van der Waals surface area contributed by atoms with Gasteiger partial charge in [0.15, 0.2) is 11.5 Å². The van der Waals surface area contributed by atoms with Gasteiger partial charge in [0.25, 0.3) is 0 Å². The standard InChI is InChI=1S/C16H18N6O2/c1-23-12-4-2-11(3-5-12)19-16-20-14-13(17-10-18-14)15(21-16)22-6-8-24-9-7-22/h2-5,10H,6-9H2,1H3,(H2,17,18,19,20,21). The highest BCUT2D eigenvalue weighted by Gasteiger charge is 2.18. The second-order valence-corrected chi connectivity index (χ2v) is 5.42. The van der Waals surface area contributed by atoms with Crippen molar-refractivity contribution in [1.82, 2.24) is 19.9 Å². The summed E-state index contributed by atoms with van der Waals surface area (Å²) in [5.41, 5.74) is 2.37. The molecule has 2 N–H and O–H groups in total. The number of H-pyrrole nitrogens is 1. The Balaban J connectivity index is 1.67. The van der Waals surface area contributed by atoms with Crippen molar-refractivity contribution in [3.05, 3.63) is 30.6 Å². The summed E-state index contributed by atoms with van der Waals surface area (Å²) in [5, 5.41) is 3.23. The van der Waals surface area contributed by atoms with Gasteiger partial charge in [0.1, 0.15) is 11.3 Å². The summed E-state index contributed by atoms with van der Waals surface area (Å²) in [4.78, 5) is 18.7. The molecule has 0 amide bonds. The third kappa shape index (κ3) is 2.83. The van der Waals surface area contributed by atoms with Crippen LogP contribution in [-0.4, -0.2) is 53.3 Å². The first kappa shape index (κ1) is 14.7. The lowest BCUT2D eigenvalue weighted by Crippen LogP contribution is -2.37. The van der Waals surface area contributed by atoms with E-state index in [1.165, 1.54) is 0 Å². The minimum atomic E-state index is 0.515. The van der Waals surface area contributed by atoms with Crippen LogP contribution in [-0.2, 0) is 4.74 Å². The van der Waals surface area contributed by atoms with Gasteiger partial charge in [-0.25, -0.2) is 4.98 Å². The summed E-state index contributed by atoms with van der Waals surface area (Å²) >= 11 is 0. The average molecular weight is 326 g/mol. The number of morpholine rings is 1. The van der Waals surface area contributed by atoms with Crippen molar-refractivity contribution in [1.29, 1.82) is 0 Å². The monoisotopic (exact) mass is 326 g/mol. The fourth-order valence-corrected chi connectivity index (χ4v) is 2.68. The number of rotatable bonds is 4. The van der Waals surface area contributed by atoms with Crippen molar-refractivity contribution in [2.24, 2.45) is 0 Å². The van der Waals surface area contributed by atoms with Crippen molar-refractivity contribution >= 4 is 28.6 Å². The maximum absolute atomic E-state index is 5.42. The number of methoxy groups -OCH3 is 1. The largest absolute Gasteiger partial charge is 0.497 e. The lowest BCUT2D eigenvalue weighted by atomic mass is 10.3. The number of fused-ring (bicyclic) bond motifs is 1. The van der Waals surface area contributed by atoms with Gasteiger partial charge < -0.3 is 24.7 Å². The maximum atomic E-state index is 5.42. The fraction of sp³-hybridized carbons (Fsp3) is 0.312. The Hall–Kier alpha value is -2.87. The normalized spacial score (nSPS) is 14.8. The molecule has 8 nitrogen and oxygen atoms in total. The van der Waals surface area contributed by atoms with Crippen molar-refractivity contribution in [2.45, 2.75) is 0 Å². The Morgan fingerprint density at radius 2 is 1.96 bits per heavy atom. The Labute approximate surface area is 138 Å². The van der Waals surface area contributed by atoms with Crippen LogP contribution in [0.5, 0.6) is 5.75 Å². The quantitative estimate of drug-likeness (QED) is 0.757. The van der Waals surface area contributed by atoms with Crippen LogP contribution in [0, 0.1) is 0 Å². The lowest BCUT2D eigenvalue weighted by molar-refractivity contribution is 0.122. The maximum Gasteiger partial charge on any atom is 0.231 e. The van der Waals surface area contributed by atoms with Crippen LogP contribution in [0.25, 0.3) is 11.2 Å². The molecule has 124 valence electrons. The molecule has 1 saturated heterocycles. The van der Waals surface area contributed by atoms with E-state index in [-0.39, 0.29) is 0 Å². The van der Waals surface area contributed by atoms with Crippen LogP contribution >= 0.6 is 0 Å². The first-order valence-corrected chi connectivity index (χ1v) is 7.78. The predicted octanol–water partition coefficient (Wildman–Crippen LogP) is 1.94. The number of nitrogens with zero attached hydrogens (tertiary/aromatic N) is 4. The molecule has 0 saturated carbocycles. The molecule has 3 heterocycles. The van der Waals surface area contributed by atoms with Crippen LogP contribution in [0.1, 0.15) is 0 Å². The van der Waals surface area contributed by atoms with Gasteiger partial charge in [-0.05, 0) is 24.3 Å². The number of benzene rings is 1. The third-order valence-corrected chi connectivity index (χ3v) is 3.92. The van der Waals surface area contributed by atoms with E-state index in [9.17, 15) is 0 Å². The molecule has 0 bridgehead atoms. The minimum absolute atomic E-state index is 0.515. The van der Waals surface area contributed by atoms with E-state index in [4.69, 9.17) is 9.47 Å². The molecule has 8 heteroatoms. The summed E-state index contributed by atoms with van der Waals surface area (Å²) in [6.45, 7) is 2.99. The molecule has 0 unspecified atom stereocenters. The molecule has 1 fully saturated rings. The predicted molar refractivity (Wildman–Crippen MR) is 91.0 cm³/mol. The summed E-state index contributed by atoms with van der Waals surface area (Å²) in [7, 11) is 1.64. The Morgan fingerprint density at radius 1 is 1.17 bits per heavy atom. The van der Waals surface area contributed by atoms with Crippen molar-refractivity contribution in [3.8, 4) is 5.75 Å². The Kier molecular flexibility index (Phi) is 3.87. The number of aromatic nitrogens is 4. The number of hydrogen-bond acceptors (Lipinski definition) is 7. The first-order valence-electron chi connectivity index (χ1n) is 7.78. The van der Waals surface area contributed by atoms with Crippen LogP contribution in [0.3, 0.4) is 0 Å². The molecule has 0 radical (unpaired) electrons. The smallest absolute Gasteiger partial charge is 0.231 e. The van der Waals surface area contributed by atoms with Crippen LogP contribution in [0.2, 0.25) is 0 Å². The third-order valence-electron chi connectivity index (χ3n) is 3.92. The van der Waals surface area contributed by atoms with E-state index < -0.39 is 0 Å². The lowest BCUT2D eigenvalue weighted by Gasteiger charge is -2.28. The number of aromatic amines is 1. The highest BCUT2D eigenvalue weighted by atomic mass is 16.5. The molecule has 4 rings (SSSR count). The van der Waals surface area contributed by atoms with Gasteiger partial charge in [-0.2, -0.15) is 9.97 Å². The van der Waals surface area contributed by atoms with Gasteiger partial charge in [-0.15, -0.1) is 0 Å². The van der Waals surface area contributed by atoms with E-state index in [1.807, 2.05) is 24.3 Å². The number of ether oxygens (including phenoxy) is 2. The van der Waals surface area contributed by atoms with E-state index in [0.717, 1.165) is 35.9 Å². The van der Waals surface area contributed by atoms with Crippen molar-refractivity contribution < 1.29 is 9.47 Å². The molecule has 1 aliphatic heterocycles. The second-order valence-electron chi connectivity index (χ2n) is 5.42. The number of imidazole rings is 1. The molecule has 0 spiro atoms. The first-order chi connectivity index (χ1) is 11.8. The molecular weight excluding hydrogens is 308 g/mol. The van der Waals surface area contributed by atoms with Gasteiger partial charge in [0, 0.05) is 18.8 Å². The van der Waals surface area contributed by atoms with Gasteiger partial charge in [-0.3, -0.25) is 0 Å². The summed E-state index contributed by atoms with van der Waals surface area (Å²) < 4.78 is 10.6. The molecule has 0 atom stereocenters. The molecule has 1 aliphatic rings. The molecular formula is C16H18N6O2. The Morgan fingerprint density at radius 3 is 2.71 bits per heavy atom. The van der Waals surface area contributed by atoms with Gasteiger partial charge in [-0.1, -0.05) is 0 Å².